The van der Waals surface area contributed by atoms with E-state index in [2.05, 4.69) is 156 Å². The zero-order chi connectivity index (χ0) is 30.2. The molecule has 2 heterocycles. The van der Waals surface area contributed by atoms with Crippen LogP contribution in [0.2, 0.25) is 0 Å². The maximum atomic E-state index is 6.39. The topological polar surface area (TPSA) is 14.2 Å². The molecule has 0 unspecified atom stereocenters. The van der Waals surface area contributed by atoms with E-state index < -0.39 is 0 Å². The van der Waals surface area contributed by atoms with Crippen LogP contribution in [0.25, 0.3) is 82.4 Å². The Bertz CT molecular complexity index is 2660. The minimum Gasteiger partial charge on any atom is -0.456 e. The summed E-state index contributed by atoms with van der Waals surface area (Å²) < 4.78 is 8.79. The molecule has 0 fully saturated rings. The van der Waals surface area contributed by atoms with Gasteiger partial charge in [-0.25, -0.2) is 0 Å². The molecule has 0 saturated carbocycles. The predicted octanol–water partition coefficient (Wildman–Crippen LogP) is 12.2. The smallest absolute Gasteiger partial charge is 0.135 e. The minimum absolute atomic E-state index is 0.909. The molecule has 0 bridgehead atoms. The first kappa shape index (κ1) is 25.2. The molecular formula is C44H27NO. The summed E-state index contributed by atoms with van der Waals surface area (Å²) in [5.74, 6) is 1.82. The van der Waals surface area contributed by atoms with Gasteiger partial charge in [-0.2, -0.15) is 0 Å². The Morgan fingerprint density at radius 3 is 1.93 bits per heavy atom. The third kappa shape index (κ3) is 3.59. The fourth-order valence-corrected chi connectivity index (χ4v) is 7.59. The molecule has 214 valence electrons. The van der Waals surface area contributed by atoms with Crippen LogP contribution in [-0.2, 0) is 0 Å². The Balaban J connectivity index is 1.13. The van der Waals surface area contributed by atoms with E-state index in [1.165, 1.54) is 71.2 Å². The van der Waals surface area contributed by atoms with Crippen LogP contribution < -0.4 is 4.74 Å². The highest BCUT2D eigenvalue weighted by Crippen LogP contribution is 2.49. The van der Waals surface area contributed by atoms with Crippen LogP contribution in [0.5, 0.6) is 11.5 Å². The predicted molar refractivity (Wildman–Crippen MR) is 192 cm³/mol. The van der Waals surface area contributed by atoms with Crippen molar-refractivity contribution >= 4 is 43.4 Å². The molecule has 0 amide bonds. The van der Waals surface area contributed by atoms with Crippen LogP contribution in [-0.4, -0.2) is 4.57 Å². The van der Waals surface area contributed by atoms with Gasteiger partial charge in [-0.05, 0) is 80.4 Å². The van der Waals surface area contributed by atoms with Crippen molar-refractivity contribution in [2.75, 3.05) is 0 Å². The van der Waals surface area contributed by atoms with Crippen molar-refractivity contribution < 1.29 is 4.74 Å². The Morgan fingerprint density at radius 2 is 1.04 bits per heavy atom. The summed E-state index contributed by atoms with van der Waals surface area (Å²) in [7, 11) is 0. The maximum Gasteiger partial charge on any atom is 0.135 e. The first-order chi connectivity index (χ1) is 22.8. The summed E-state index contributed by atoms with van der Waals surface area (Å²) >= 11 is 0. The molecule has 2 heteroatoms. The number of hydrogen-bond acceptors (Lipinski definition) is 1. The van der Waals surface area contributed by atoms with E-state index in [1.54, 1.807) is 0 Å². The molecular weight excluding hydrogens is 558 g/mol. The lowest BCUT2D eigenvalue weighted by Crippen LogP contribution is -1.98. The van der Waals surface area contributed by atoms with E-state index in [9.17, 15) is 0 Å². The van der Waals surface area contributed by atoms with Gasteiger partial charge in [-0.3, -0.25) is 0 Å². The van der Waals surface area contributed by atoms with Crippen molar-refractivity contribution in [1.82, 2.24) is 4.57 Å². The quantitative estimate of drug-likeness (QED) is 0.201. The molecule has 46 heavy (non-hydrogen) atoms. The van der Waals surface area contributed by atoms with Crippen molar-refractivity contribution in [3.05, 3.63) is 164 Å². The number of fused-ring (bicyclic) bond motifs is 7. The second-order valence-corrected chi connectivity index (χ2v) is 12.1. The number of ether oxygens (including phenoxy) is 1. The number of aromatic nitrogens is 1. The summed E-state index contributed by atoms with van der Waals surface area (Å²) in [5, 5.41) is 7.50. The number of hydrogen-bond donors (Lipinski definition) is 0. The van der Waals surface area contributed by atoms with Crippen LogP contribution in [0.15, 0.2) is 164 Å². The lowest BCUT2D eigenvalue weighted by molar-refractivity contribution is 0.487. The average Bonchev–Trinajstić information content (AvgIpc) is 3.47. The normalized spacial score (nSPS) is 12.1. The number of rotatable bonds is 3. The second-order valence-electron chi connectivity index (χ2n) is 12.1. The van der Waals surface area contributed by atoms with E-state index >= 15 is 0 Å². The molecule has 1 aliphatic rings. The van der Waals surface area contributed by atoms with Gasteiger partial charge < -0.3 is 9.30 Å². The molecule has 0 radical (unpaired) electrons. The third-order valence-electron chi connectivity index (χ3n) is 9.62. The van der Waals surface area contributed by atoms with Gasteiger partial charge >= 0.3 is 0 Å². The van der Waals surface area contributed by atoms with Gasteiger partial charge in [0.25, 0.3) is 0 Å². The summed E-state index contributed by atoms with van der Waals surface area (Å²) in [5.41, 5.74) is 10.8. The van der Waals surface area contributed by atoms with Gasteiger partial charge in [0.1, 0.15) is 11.5 Å². The van der Waals surface area contributed by atoms with E-state index in [-0.39, 0.29) is 0 Å². The molecule has 1 aliphatic heterocycles. The van der Waals surface area contributed by atoms with Crippen molar-refractivity contribution in [1.29, 1.82) is 0 Å². The van der Waals surface area contributed by atoms with Crippen LogP contribution >= 0.6 is 0 Å². The molecule has 1 aromatic heterocycles. The van der Waals surface area contributed by atoms with Gasteiger partial charge in [0.2, 0.25) is 0 Å². The van der Waals surface area contributed by atoms with E-state index in [0.717, 1.165) is 22.7 Å². The molecule has 8 aromatic carbocycles. The van der Waals surface area contributed by atoms with Crippen LogP contribution in [0.4, 0.5) is 0 Å². The summed E-state index contributed by atoms with van der Waals surface area (Å²) in [6.07, 6.45) is 0. The molecule has 9 aromatic rings. The molecule has 0 spiro atoms. The summed E-state index contributed by atoms with van der Waals surface area (Å²) in [4.78, 5) is 0. The van der Waals surface area contributed by atoms with Gasteiger partial charge in [0.05, 0.1) is 11.0 Å². The lowest BCUT2D eigenvalue weighted by Gasteiger charge is -2.23. The maximum absolute atomic E-state index is 6.39. The van der Waals surface area contributed by atoms with Crippen molar-refractivity contribution in [2.24, 2.45) is 0 Å². The molecule has 0 atom stereocenters. The summed E-state index contributed by atoms with van der Waals surface area (Å²) in [6.45, 7) is 0. The van der Waals surface area contributed by atoms with Gasteiger partial charge in [-0.1, -0.05) is 127 Å². The zero-order valence-electron chi connectivity index (χ0n) is 24.9. The molecule has 0 aliphatic carbocycles. The van der Waals surface area contributed by atoms with Gasteiger partial charge in [-0.15, -0.1) is 0 Å². The molecule has 10 rings (SSSR count). The van der Waals surface area contributed by atoms with Crippen LogP contribution in [0.3, 0.4) is 0 Å². The largest absolute Gasteiger partial charge is 0.456 e. The summed E-state index contributed by atoms with van der Waals surface area (Å²) in [6, 6.07) is 59.0. The van der Waals surface area contributed by atoms with E-state index in [4.69, 9.17) is 4.74 Å². The fourth-order valence-electron chi connectivity index (χ4n) is 7.59. The minimum atomic E-state index is 0.909. The number of nitrogens with zero attached hydrogens (tertiary/aromatic N) is 1. The standard InChI is InChI=1S/C44H27NO/c1-2-12-32-28(10-1)22-26-40-43(32)38-15-5-7-18-39(38)45(40)30-23-20-29(21-24-30)31-11-3-4-13-33(31)34-25-27-42-44-36(34)16-9-17-37(44)35-14-6-8-19-41(35)46-42/h1-27H. The van der Waals surface area contributed by atoms with E-state index in [0.29, 0.717) is 0 Å². The highest BCUT2D eigenvalue weighted by Gasteiger charge is 2.22. The second kappa shape index (κ2) is 9.69. The highest BCUT2D eigenvalue weighted by atomic mass is 16.5. The Hall–Kier alpha value is -6.12. The van der Waals surface area contributed by atoms with Crippen molar-refractivity contribution in [3.8, 4) is 50.6 Å². The van der Waals surface area contributed by atoms with E-state index in [1.807, 2.05) is 12.1 Å². The van der Waals surface area contributed by atoms with Gasteiger partial charge in [0, 0.05) is 27.4 Å². The molecule has 0 saturated heterocycles. The molecule has 2 nitrogen and oxygen atoms in total. The van der Waals surface area contributed by atoms with Crippen LogP contribution in [0.1, 0.15) is 0 Å². The lowest BCUT2D eigenvalue weighted by atomic mass is 9.88. The Kier molecular flexibility index (Phi) is 5.31. The molecule has 0 N–H and O–H groups in total. The third-order valence-corrected chi connectivity index (χ3v) is 9.62. The number of benzene rings is 8. The van der Waals surface area contributed by atoms with Gasteiger partial charge in [0.15, 0.2) is 0 Å². The Labute approximate surface area is 266 Å². The van der Waals surface area contributed by atoms with Crippen molar-refractivity contribution in [2.45, 2.75) is 0 Å². The highest BCUT2D eigenvalue weighted by molar-refractivity contribution is 6.21. The number of para-hydroxylation sites is 2. The SMILES string of the molecule is c1ccc2c(c1)Oc1ccc(-c3ccccc3-c3ccc(-n4c5ccccc5c5c6ccccc6ccc54)cc3)c3cccc-2c13. The zero-order valence-corrected chi connectivity index (χ0v) is 24.9. The fraction of sp³-hybridized carbons (Fsp3) is 0. The van der Waals surface area contributed by atoms with Crippen LogP contribution in [0, 0.1) is 0 Å². The first-order valence-corrected chi connectivity index (χ1v) is 15.8. The average molecular weight is 586 g/mol. The van der Waals surface area contributed by atoms with Crippen molar-refractivity contribution in [3.63, 3.8) is 0 Å². The monoisotopic (exact) mass is 585 g/mol. The Morgan fingerprint density at radius 1 is 0.348 bits per heavy atom. The first-order valence-electron chi connectivity index (χ1n) is 15.8.